The highest BCUT2D eigenvalue weighted by Gasteiger charge is 2.32. The molecule has 13 heteroatoms. The van der Waals surface area contributed by atoms with Gasteiger partial charge in [0.15, 0.2) is 17.7 Å². The van der Waals surface area contributed by atoms with E-state index in [4.69, 9.17) is 4.74 Å². The maximum atomic E-state index is 12.7. The molecule has 35 heavy (non-hydrogen) atoms. The van der Waals surface area contributed by atoms with Gasteiger partial charge in [-0.15, -0.1) is 28.5 Å². The standard InChI is InChI=1S/C22H22F3N7O3/c1-34-20(14-4-2-5-16(12-14)35-22(23,24)25)21(33)28-18-7-8-19(31-30-18)32-11-9-15(13-32)27-17-6-3-10-26-29-17/h2-8,10,12,15,20H,9,11,13H2,1H3,(H,27,29)(H,28,30,33)/t15-,20?/m1/s1. The Bertz CT molecular complexity index is 1130. The molecule has 1 aliphatic rings. The van der Waals surface area contributed by atoms with Crippen LogP contribution in [0.2, 0.25) is 0 Å². The zero-order valence-corrected chi connectivity index (χ0v) is 18.6. The number of carbonyl (C=O) groups is 1. The molecule has 1 unspecified atom stereocenters. The minimum Gasteiger partial charge on any atom is -0.406 e. The van der Waals surface area contributed by atoms with Gasteiger partial charge >= 0.3 is 6.36 Å². The van der Waals surface area contributed by atoms with E-state index in [0.29, 0.717) is 18.2 Å². The first-order valence-corrected chi connectivity index (χ1v) is 10.6. The number of hydrogen-bond acceptors (Lipinski definition) is 9. The van der Waals surface area contributed by atoms with Crippen LogP contribution in [0.4, 0.5) is 30.6 Å². The van der Waals surface area contributed by atoms with Crippen molar-refractivity contribution in [3.05, 3.63) is 60.3 Å². The smallest absolute Gasteiger partial charge is 0.406 e. The predicted octanol–water partition coefficient (Wildman–Crippen LogP) is 3.18. The summed E-state index contributed by atoms with van der Waals surface area (Å²) < 4.78 is 46.6. The van der Waals surface area contributed by atoms with E-state index >= 15 is 0 Å². The molecule has 1 aliphatic heterocycles. The number of alkyl halides is 3. The quantitative estimate of drug-likeness (QED) is 0.492. The lowest BCUT2D eigenvalue weighted by molar-refractivity contribution is -0.274. The Hall–Kier alpha value is -4.00. The molecule has 2 N–H and O–H groups in total. The van der Waals surface area contributed by atoms with Gasteiger partial charge in [0.2, 0.25) is 0 Å². The lowest BCUT2D eigenvalue weighted by atomic mass is 10.1. The van der Waals surface area contributed by atoms with Crippen LogP contribution in [0.25, 0.3) is 0 Å². The topological polar surface area (TPSA) is 114 Å². The fourth-order valence-corrected chi connectivity index (χ4v) is 3.70. The molecule has 10 nitrogen and oxygen atoms in total. The van der Waals surface area contributed by atoms with E-state index in [2.05, 4.69) is 40.7 Å². The highest BCUT2D eigenvalue weighted by Crippen LogP contribution is 2.27. The van der Waals surface area contributed by atoms with E-state index in [9.17, 15) is 18.0 Å². The van der Waals surface area contributed by atoms with Gasteiger partial charge in [-0.05, 0) is 48.4 Å². The summed E-state index contributed by atoms with van der Waals surface area (Å²) in [5.41, 5.74) is 0.190. The number of nitrogens with one attached hydrogen (secondary N) is 2. The number of carbonyl (C=O) groups excluding carboxylic acids is 1. The van der Waals surface area contributed by atoms with Crippen molar-refractivity contribution in [1.29, 1.82) is 0 Å². The molecular weight excluding hydrogens is 467 g/mol. The fraction of sp³-hybridized carbons (Fsp3) is 0.318. The number of amides is 1. The van der Waals surface area contributed by atoms with E-state index in [0.717, 1.165) is 25.1 Å². The maximum Gasteiger partial charge on any atom is 0.573 e. The second kappa shape index (κ2) is 10.5. The number of anilines is 3. The zero-order valence-electron chi connectivity index (χ0n) is 18.6. The van der Waals surface area contributed by atoms with Crippen LogP contribution in [-0.4, -0.2) is 58.9 Å². The van der Waals surface area contributed by atoms with Gasteiger partial charge in [0.25, 0.3) is 5.91 Å². The Morgan fingerprint density at radius 1 is 1.11 bits per heavy atom. The number of methoxy groups -OCH3 is 1. The fourth-order valence-electron chi connectivity index (χ4n) is 3.70. The van der Waals surface area contributed by atoms with E-state index in [1.807, 2.05) is 12.1 Å². The average molecular weight is 489 g/mol. The maximum absolute atomic E-state index is 12.7. The second-order valence-corrected chi connectivity index (χ2v) is 7.69. The molecule has 1 fully saturated rings. The summed E-state index contributed by atoms with van der Waals surface area (Å²) in [4.78, 5) is 14.8. The number of halogens is 3. The molecule has 0 bridgehead atoms. The Morgan fingerprint density at radius 3 is 2.66 bits per heavy atom. The number of ether oxygens (including phenoxy) is 2. The summed E-state index contributed by atoms with van der Waals surface area (Å²) in [6, 6.07) is 12.2. The van der Waals surface area contributed by atoms with Crippen molar-refractivity contribution in [2.75, 3.05) is 35.7 Å². The first-order valence-electron chi connectivity index (χ1n) is 10.6. The summed E-state index contributed by atoms with van der Waals surface area (Å²) in [6.07, 6.45) is -3.54. The molecule has 1 saturated heterocycles. The minimum absolute atomic E-state index is 0.174. The van der Waals surface area contributed by atoms with Crippen LogP contribution in [0, 0.1) is 0 Å². The van der Waals surface area contributed by atoms with E-state index < -0.39 is 24.1 Å². The first-order chi connectivity index (χ1) is 16.8. The number of aromatic nitrogens is 4. The van der Waals surface area contributed by atoms with E-state index in [1.54, 1.807) is 18.3 Å². The van der Waals surface area contributed by atoms with Crippen LogP contribution >= 0.6 is 0 Å². The molecular formula is C22H22F3N7O3. The van der Waals surface area contributed by atoms with Crippen LogP contribution < -0.4 is 20.3 Å². The second-order valence-electron chi connectivity index (χ2n) is 7.69. The molecule has 184 valence electrons. The molecule has 0 saturated carbocycles. The molecule has 3 heterocycles. The third-order valence-corrected chi connectivity index (χ3v) is 5.21. The van der Waals surface area contributed by atoms with Crippen LogP contribution in [0.1, 0.15) is 18.1 Å². The predicted molar refractivity (Wildman–Crippen MR) is 120 cm³/mol. The van der Waals surface area contributed by atoms with Gasteiger partial charge in [-0.1, -0.05) is 12.1 Å². The van der Waals surface area contributed by atoms with Crippen LogP contribution in [-0.2, 0) is 9.53 Å². The highest BCUT2D eigenvalue weighted by molar-refractivity contribution is 5.94. The highest BCUT2D eigenvalue weighted by atomic mass is 19.4. The molecule has 4 rings (SSSR count). The van der Waals surface area contributed by atoms with Crippen molar-refractivity contribution in [3.63, 3.8) is 0 Å². The van der Waals surface area contributed by atoms with E-state index in [-0.39, 0.29) is 17.4 Å². The molecule has 1 amide bonds. The van der Waals surface area contributed by atoms with Crippen molar-refractivity contribution in [2.24, 2.45) is 0 Å². The van der Waals surface area contributed by atoms with Gasteiger partial charge in [-0.2, -0.15) is 5.10 Å². The number of rotatable bonds is 8. The summed E-state index contributed by atoms with van der Waals surface area (Å²) in [7, 11) is 1.27. The summed E-state index contributed by atoms with van der Waals surface area (Å²) in [5.74, 6) is 0.454. The SMILES string of the molecule is COC(C(=O)Nc1ccc(N2CC[C@@H](Nc3cccnn3)C2)nn1)c1cccc(OC(F)(F)F)c1. The lowest BCUT2D eigenvalue weighted by Gasteiger charge is -2.18. The molecule has 0 aliphatic carbocycles. The van der Waals surface area contributed by atoms with Crippen LogP contribution in [0.5, 0.6) is 5.75 Å². The number of benzene rings is 1. The third-order valence-electron chi connectivity index (χ3n) is 5.21. The number of hydrogen-bond donors (Lipinski definition) is 2. The molecule has 0 spiro atoms. The Morgan fingerprint density at radius 2 is 1.97 bits per heavy atom. The van der Waals surface area contributed by atoms with Crippen molar-refractivity contribution < 1.29 is 27.4 Å². The summed E-state index contributed by atoms with van der Waals surface area (Å²) in [6.45, 7) is 1.46. The minimum atomic E-state index is -4.85. The Kier molecular flexibility index (Phi) is 7.25. The molecule has 3 aromatic rings. The van der Waals surface area contributed by atoms with Crippen LogP contribution in [0.15, 0.2) is 54.7 Å². The Balaban J connectivity index is 1.36. The monoisotopic (exact) mass is 489 g/mol. The lowest BCUT2D eigenvalue weighted by Crippen LogP contribution is -2.27. The Labute approximate surface area is 198 Å². The zero-order chi connectivity index (χ0) is 24.8. The third kappa shape index (κ3) is 6.53. The summed E-state index contributed by atoms with van der Waals surface area (Å²) in [5, 5.41) is 22.0. The first kappa shape index (κ1) is 24.1. The molecule has 1 aromatic carbocycles. The molecule has 2 atom stereocenters. The summed E-state index contributed by atoms with van der Waals surface area (Å²) >= 11 is 0. The molecule has 0 radical (unpaired) electrons. The van der Waals surface area contributed by atoms with Crippen molar-refractivity contribution in [3.8, 4) is 5.75 Å². The van der Waals surface area contributed by atoms with Gasteiger partial charge in [0.05, 0.1) is 0 Å². The normalized spacial score (nSPS) is 16.6. The van der Waals surface area contributed by atoms with Crippen LogP contribution in [0.3, 0.4) is 0 Å². The van der Waals surface area contributed by atoms with Gasteiger partial charge in [0.1, 0.15) is 11.6 Å². The van der Waals surface area contributed by atoms with Crippen molar-refractivity contribution in [2.45, 2.75) is 24.9 Å². The molecule has 2 aromatic heterocycles. The van der Waals surface area contributed by atoms with Gasteiger partial charge in [-0.25, -0.2) is 0 Å². The van der Waals surface area contributed by atoms with Gasteiger partial charge < -0.3 is 25.0 Å². The van der Waals surface area contributed by atoms with Crippen molar-refractivity contribution in [1.82, 2.24) is 20.4 Å². The largest absolute Gasteiger partial charge is 0.573 e. The average Bonchev–Trinajstić information content (AvgIpc) is 3.28. The number of nitrogens with zero attached hydrogens (tertiary/aromatic N) is 5. The van der Waals surface area contributed by atoms with Gasteiger partial charge in [-0.3, -0.25) is 4.79 Å². The van der Waals surface area contributed by atoms with Gasteiger partial charge in [0, 0.05) is 32.4 Å². The van der Waals surface area contributed by atoms with E-state index in [1.165, 1.54) is 19.2 Å². The van der Waals surface area contributed by atoms with Crippen molar-refractivity contribution >= 4 is 23.4 Å².